The van der Waals surface area contributed by atoms with Gasteiger partial charge in [-0.15, -0.1) is 11.8 Å². The first-order valence-electron chi connectivity index (χ1n) is 10.00. The van der Waals surface area contributed by atoms with Gasteiger partial charge < -0.3 is 9.80 Å². The molecule has 1 spiro atoms. The maximum atomic E-state index is 14.4. The van der Waals surface area contributed by atoms with Crippen molar-refractivity contribution in [3.05, 3.63) is 101 Å². The number of fused-ring (bicyclic) bond motifs is 2. The van der Waals surface area contributed by atoms with Gasteiger partial charge in [-0.1, -0.05) is 36.4 Å². The second-order valence-electron chi connectivity index (χ2n) is 7.54. The number of thioether (sulfide) groups is 1. The van der Waals surface area contributed by atoms with E-state index in [9.17, 15) is 22.8 Å². The lowest BCUT2D eigenvalue weighted by atomic mass is 10.0. The molecular weight excluding hydrogens is 437 g/mol. The molecule has 2 aliphatic rings. The highest BCUT2D eigenvalue weighted by Crippen LogP contribution is 2.54. The van der Waals surface area contributed by atoms with E-state index >= 15 is 0 Å². The van der Waals surface area contributed by atoms with E-state index in [0.717, 1.165) is 12.1 Å². The molecule has 3 aromatic rings. The Hall–Kier alpha value is -3.26. The first-order chi connectivity index (χ1) is 15.4. The van der Waals surface area contributed by atoms with Crippen molar-refractivity contribution in [2.24, 2.45) is 0 Å². The highest BCUT2D eigenvalue weighted by atomic mass is 32.2. The molecule has 2 heterocycles. The molecule has 4 nitrogen and oxygen atoms in total. The van der Waals surface area contributed by atoms with Crippen molar-refractivity contribution in [3.8, 4) is 0 Å². The van der Waals surface area contributed by atoms with Gasteiger partial charge in [-0.25, -0.2) is 13.2 Å². The normalized spacial score (nSPS) is 19.7. The van der Waals surface area contributed by atoms with Crippen LogP contribution in [0.4, 0.5) is 18.9 Å². The van der Waals surface area contributed by atoms with Crippen LogP contribution >= 0.6 is 11.8 Å². The zero-order chi connectivity index (χ0) is 22.5. The van der Waals surface area contributed by atoms with Crippen LogP contribution in [0, 0.1) is 17.5 Å². The third-order valence-corrected chi connectivity index (χ3v) is 7.25. The fourth-order valence-electron chi connectivity index (χ4n) is 4.35. The van der Waals surface area contributed by atoms with Crippen molar-refractivity contribution >= 4 is 29.3 Å². The molecule has 1 saturated heterocycles. The molecule has 162 valence electrons. The van der Waals surface area contributed by atoms with Crippen LogP contribution in [0.15, 0.2) is 66.7 Å². The zero-order valence-electron chi connectivity index (χ0n) is 16.7. The molecule has 32 heavy (non-hydrogen) atoms. The second kappa shape index (κ2) is 7.70. The number of nitrogens with zero attached hydrogens (tertiary/aromatic N) is 2. The summed E-state index contributed by atoms with van der Waals surface area (Å²) in [6, 6.07) is 16.0. The van der Waals surface area contributed by atoms with Crippen LogP contribution in [0.5, 0.6) is 0 Å². The number of anilines is 1. The molecule has 3 aromatic carbocycles. The van der Waals surface area contributed by atoms with Gasteiger partial charge in [0.1, 0.15) is 17.5 Å². The van der Waals surface area contributed by atoms with Gasteiger partial charge in [0, 0.05) is 23.4 Å². The van der Waals surface area contributed by atoms with E-state index in [1.54, 1.807) is 30.3 Å². The molecule has 0 aliphatic carbocycles. The van der Waals surface area contributed by atoms with Crippen LogP contribution in [-0.2, 0) is 16.2 Å². The van der Waals surface area contributed by atoms with E-state index in [1.807, 2.05) is 0 Å². The molecule has 5 rings (SSSR count). The number of benzene rings is 3. The highest BCUT2D eigenvalue weighted by molar-refractivity contribution is 8.01. The molecule has 0 bridgehead atoms. The molecule has 0 saturated carbocycles. The lowest BCUT2D eigenvalue weighted by Crippen LogP contribution is -2.50. The van der Waals surface area contributed by atoms with Crippen LogP contribution in [0.1, 0.15) is 21.5 Å². The molecule has 0 N–H and O–H groups in total. The van der Waals surface area contributed by atoms with Crippen LogP contribution in [0.2, 0.25) is 0 Å². The molecule has 1 fully saturated rings. The minimum atomic E-state index is -1.42. The molecule has 0 aromatic heterocycles. The van der Waals surface area contributed by atoms with Crippen molar-refractivity contribution in [2.75, 3.05) is 17.2 Å². The average Bonchev–Trinajstić information content (AvgIpc) is 3.33. The number of hydrogen-bond donors (Lipinski definition) is 0. The van der Waals surface area contributed by atoms with Crippen LogP contribution < -0.4 is 4.90 Å². The standard InChI is InChI=1S/C24H17F3N2O2S/c25-18-8-3-1-6-15(18)22(30)29-12-13-32-24(29)17-7-2-4-11-21(17)28(23(24)31)14-16-19(26)9-5-10-20(16)27/h1-11H,12-14H2/t24-/m1/s1. The van der Waals surface area contributed by atoms with Crippen molar-refractivity contribution in [1.29, 1.82) is 0 Å². The van der Waals surface area contributed by atoms with E-state index in [2.05, 4.69) is 0 Å². The van der Waals surface area contributed by atoms with Crippen molar-refractivity contribution in [2.45, 2.75) is 11.4 Å². The van der Waals surface area contributed by atoms with Gasteiger partial charge in [-0.05, 0) is 30.3 Å². The van der Waals surface area contributed by atoms with Gasteiger partial charge in [0.25, 0.3) is 11.8 Å². The lowest BCUT2D eigenvalue weighted by Gasteiger charge is -2.33. The molecule has 2 amide bonds. The molecule has 0 unspecified atom stereocenters. The Morgan fingerprint density at radius 1 is 0.906 bits per heavy atom. The molecule has 8 heteroatoms. The Morgan fingerprint density at radius 3 is 2.31 bits per heavy atom. The number of carbonyl (C=O) groups excluding carboxylic acids is 2. The van der Waals surface area contributed by atoms with Crippen molar-refractivity contribution in [1.82, 2.24) is 4.90 Å². The maximum absolute atomic E-state index is 14.4. The Morgan fingerprint density at radius 2 is 1.56 bits per heavy atom. The number of halogens is 3. The first kappa shape index (κ1) is 20.6. The van der Waals surface area contributed by atoms with Crippen LogP contribution in [0.25, 0.3) is 0 Å². The van der Waals surface area contributed by atoms with Crippen LogP contribution in [-0.4, -0.2) is 29.0 Å². The topological polar surface area (TPSA) is 40.6 Å². The Labute approximate surface area is 186 Å². The van der Waals surface area contributed by atoms with Gasteiger partial charge in [0.15, 0.2) is 4.87 Å². The predicted octanol–water partition coefficient (Wildman–Crippen LogP) is 4.69. The lowest BCUT2D eigenvalue weighted by molar-refractivity contribution is -0.123. The molecule has 0 radical (unpaired) electrons. The third-order valence-electron chi connectivity index (χ3n) is 5.83. The zero-order valence-corrected chi connectivity index (χ0v) is 17.5. The number of hydrogen-bond acceptors (Lipinski definition) is 3. The van der Waals surface area contributed by atoms with Gasteiger partial charge in [0.2, 0.25) is 0 Å². The monoisotopic (exact) mass is 454 g/mol. The maximum Gasteiger partial charge on any atom is 0.268 e. The van der Waals surface area contributed by atoms with Crippen molar-refractivity contribution in [3.63, 3.8) is 0 Å². The number of rotatable bonds is 3. The largest absolute Gasteiger partial charge is 0.311 e. The molecule has 1 atom stereocenters. The summed E-state index contributed by atoms with van der Waals surface area (Å²) in [6.45, 7) is -0.0851. The molecule has 2 aliphatic heterocycles. The Balaban J connectivity index is 1.61. The van der Waals surface area contributed by atoms with Crippen molar-refractivity contribution < 1.29 is 22.8 Å². The van der Waals surface area contributed by atoms with Gasteiger partial charge in [-0.3, -0.25) is 9.59 Å². The van der Waals surface area contributed by atoms with E-state index in [1.165, 1.54) is 45.8 Å². The van der Waals surface area contributed by atoms with Gasteiger partial charge in [-0.2, -0.15) is 0 Å². The second-order valence-corrected chi connectivity index (χ2v) is 8.83. The predicted molar refractivity (Wildman–Crippen MR) is 116 cm³/mol. The van der Waals surface area contributed by atoms with Gasteiger partial charge >= 0.3 is 0 Å². The number of para-hydroxylation sites is 1. The van der Waals surface area contributed by atoms with Crippen LogP contribution in [0.3, 0.4) is 0 Å². The number of amides is 2. The summed E-state index contributed by atoms with van der Waals surface area (Å²) >= 11 is 1.27. The fourth-order valence-corrected chi connectivity index (χ4v) is 5.81. The quantitative estimate of drug-likeness (QED) is 0.577. The van der Waals surface area contributed by atoms with E-state index in [0.29, 0.717) is 17.0 Å². The average molecular weight is 454 g/mol. The van der Waals surface area contributed by atoms with Gasteiger partial charge in [0.05, 0.1) is 17.8 Å². The summed E-state index contributed by atoms with van der Waals surface area (Å²) in [7, 11) is 0. The summed E-state index contributed by atoms with van der Waals surface area (Å²) in [5, 5.41) is 0. The third kappa shape index (κ3) is 2.93. The summed E-state index contributed by atoms with van der Waals surface area (Å²) in [6.07, 6.45) is 0. The fraction of sp³-hybridized carbons (Fsp3) is 0.167. The molecular formula is C24H17F3N2O2S. The van der Waals surface area contributed by atoms with E-state index < -0.39 is 34.1 Å². The summed E-state index contributed by atoms with van der Waals surface area (Å²) in [5.74, 6) is -2.80. The smallest absolute Gasteiger partial charge is 0.268 e. The summed E-state index contributed by atoms with van der Waals surface area (Å²) in [5.41, 5.74) is 0.663. The highest BCUT2D eigenvalue weighted by Gasteiger charge is 2.59. The Bertz CT molecular complexity index is 1230. The SMILES string of the molecule is O=C(c1ccccc1F)N1CCS[C@]12C(=O)N(Cc1c(F)cccc1F)c1ccccc12. The van der Waals surface area contributed by atoms with E-state index in [4.69, 9.17) is 0 Å². The summed E-state index contributed by atoms with van der Waals surface area (Å²) < 4.78 is 43.1. The minimum absolute atomic E-state index is 0.127. The van der Waals surface area contributed by atoms with E-state index in [-0.39, 0.29) is 24.2 Å². The number of carbonyl (C=O) groups is 2. The Kier molecular flexibility index (Phi) is 4.97. The first-order valence-corrected chi connectivity index (χ1v) is 11.0. The summed E-state index contributed by atoms with van der Waals surface area (Å²) in [4.78, 5) is 28.4. The minimum Gasteiger partial charge on any atom is -0.311 e.